The van der Waals surface area contributed by atoms with Crippen LogP contribution in [0.2, 0.25) is 0 Å². The monoisotopic (exact) mass is 126 g/mol. The first-order valence-electron chi connectivity index (χ1n) is 2.39. The first kappa shape index (κ1) is 5.63. The van der Waals surface area contributed by atoms with Crippen molar-refractivity contribution in [1.82, 2.24) is 0 Å². The molecule has 8 heavy (non-hydrogen) atoms. The van der Waals surface area contributed by atoms with E-state index in [1.54, 1.807) is 0 Å². The highest BCUT2D eigenvalue weighted by Crippen LogP contribution is 2.08. The third kappa shape index (κ3) is 1.23. The van der Waals surface area contributed by atoms with Crippen molar-refractivity contribution in [2.45, 2.75) is 6.42 Å². The molecule has 0 aliphatic heterocycles. The fourth-order valence-electron chi connectivity index (χ4n) is 0.568. The van der Waals surface area contributed by atoms with Gasteiger partial charge < -0.3 is 0 Å². The number of hydrogen-bond donors (Lipinski definition) is 1. The van der Waals surface area contributed by atoms with E-state index in [-0.39, 0.29) is 5.78 Å². The van der Waals surface area contributed by atoms with Gasteiger partial charge in [0.1, 0.15) is 0 Å². The Labute approximate surface area is 53.5 Å². The van der Waals surface area contributed by atoms with Crippen molar-refractivity contribution in [2.24, 2.45) is 0 Å². The Morgan fingerprint density at radius 2 is 2.38 bits per heavy atom. The van der Waals surface area contributed by atoms with Crippen LogP contribution in [0.5, 0.6) is 0 Å². The number of hydrogen-bond acceptors (Lipinski definition) is 2. The number of carbonyl (C=O) groups excluding carboxylic acids is 1. The van der Waals surface area contributed by atoms with Gasteiger partial charge >= 0.3 is 0 Å². The van der Waals surface area contributed by atoms with E-state index in [0.29, 0.717) is 6.42 Å². The second kappa shape index (κ2) is 2.18. The summed E-state index contributed by atoms with van der Waals surface area (Å²) in [5, 5.41) is 0. The van der Waals surface area contributed by atoms with Crippen LogP contribution < -0.4 is 0 Å². The molecule has 1 rings (SSSR count). The zero-order chi connectivity index (χ0) is 5.98. The lowest BCUT2D eigenvalue weighted by atomic mass is 10.2. The van der Waals surface area contributed by atoms with Crippen LogP contribution in [-0.2, 0) is 4.79 Å². The van der Waals surface area contributed by atoms with Crippen LogP contribution >= 0.6 is 12.6 Å². The molecule has 0 atom stereocenters. The Morgan fingerprint density at radius 1 is 1.62 bits per heavy atom. The molecule has 0 bridgehead atoms. The summed E-state index contributed by atoms with van der Waals surface area (Å²) < 4.78 is 0. The Balaban J connectivity index is 2.77. The van der Waals surface area contributed by atoms with Gasteiger partial charge in [-0.15, -0.1) is 12.6 Å². The Kier molecular flexibility index (Phi) is 1.53. The van der Waals surface area contributed by atoms with Gasteiger partial charge in [0, 0.05) is 11.3 Å². The topological polar surface area (TPSA) is 17.1 Å². The van der Waals surface area contributed by atoms with E-state index in [1.165, 1.54) is 6.08 Å². The first-order chi connectivity index (χ1) is 3.79. The molecule has 1 nitrogen and oxygen atoms in total. The maximum Gasteiger partial charge on any atom is 0.160 e. The average molecular weight is 126 g/mol. The lowest BCUT2D eigenvalue weighted by molar-refractivity contribution is -0.113. The summed E-state index contributed by atoms with van der Waals surface area (Å²) in [5.41, 5.74) is 0. The molecule has 0 heterocycles. The van der Waals surface area contributed by atoms with Crippen molar-refractivity contribution in [3.05, 3.63) is 23.1 Å². The van der Waals surface area contributed by atoms with Gasteiger partial charge in [-0.2, -0.15) is 0 Å². The largest absolute Gasteiger partial charge is 0.294 e. The van der Waals surface area contributed by atoms with Crippen molar-refractivity contribution in [3.8, 4) is 0 Å². The highest BCUT2D eigenvalue weighted by molar-refractivity contribution is 7.84. The van der Waals surface area contributed by atoms with Crippen molar-refractivity contribution < 1.29 is 4.79 Å². The number of rotatable bonds is 0. The van der Waals surface area contributed by atoms with Crippen molar-refractivity contribution in [1.29, 1.82) is 0 Å². The van der Waals surface area contributed by atoms with Crippen molar-refractivity contribution in [2.75, 3.05) is 0 Å². The summed E-state index contributed by atoms with van der Waals surface area (Å²) in [4.78, 5) is 11.2. The van der Waals surface area contributed by atoms with Crippen LogP contribution in [0.25, 0.3) is 0 Å². The predicted octanol–water partition coefficient (Wildman–Crippen LogP) is 1.33. The minimum Gasteiger partial charge on any atom is -0.294 e. The minimum atomic E-state index is 0.137. The number of allylic oxidation sites excluding steroid dienone is 3. The average Bonchev–Trinajstić information content (AvgIpc) is 1.64. The second-order valence-electron chi connectivity index (χ2n) is 1.64. The predicted molar refractivity (Wildman–Crippen MR) is 35.8 cm³/mol. The van der Waals surface area contributed by atoms with Gasteiger partial charge in [0.25, 0.3) is 0 Å². The zero-order valence-corrected chi connectivity index (χ0v) is 5.19. The van der Waals surface area contributed by atoms with Crippen LogP contribution in [-0.4, -0.2) is 5.78 Å². The Hall–Kier alpha value is -0.500. The summed E-state index contributed by atoms with van der Waals surface area (Å²) in [6, 6.07) is 0. The number of thiol groups is 1. The van der Waals surface area contributed by atoms with Gasteiger partial charge in [0.15, 0.2) is 5.78 Å². The molecule has 0 saturated heterocycles. The third-order valence-electron chi connectivity index (χ3n) is 0.917. The van der Waals surface area contributed by atoms with Crippen molar-refractivity contribution in [3.63, 3.8) is 0 Å². The summed E-state index contributed by atoms with van der Waals surface area (Å²) in [7, 11) is 0. The van der Waals surface area contributed by atoms with E-state index >= 15 is 0 Å². The molecule has 0 aromatic carbocycles. The molecular formula is C6H6OS. The molecule has 0 spiro atoms. The summed E-state index contributed by atoms with van der Waals surface area (Å²) >= 11 is 3.97. The number of ketones is 1. The fourth-order valence-corrected chi connectivity index (χ4v) is 0.817. The van der Waals surface area contributed by atoms with E-state index in [0.717, 1.165) is 4.91 Å². The van der Waals surface area contributed by atoms with Crippen molar-refractivity contribution >= 4 is 18.4 Å². The van der Waals surface area contributed by atoms with E-state index in [1.807, 2.05) is 12.2 Å². The molecule has 2 heteroatoms. The summed E-state index contributed by atoms with van der Waals surface area (Å²) in [6.45, 7) is 0. The zero-order valence-electron chi connectivity index (χ0n) is 4.29. The number of carbonyl (C=O) groups is 1. The highest BCUT2D eigenvalue weighted by atomic mass is 32.1. The van der Waals surface area contributed by atoms with E-state index in [2.05, 4.69) is 12.6 Å². The van der Waals surface area contributed by atoms with Crippen LogP contribution in [0.3, 0.4) is 0 Å². The molecule has 0 unspecified atom stereocenters. The first-order valence-corrected chi connectivity index (χ1v) is 2.84. The standard InChI is InChI=1S/C6H6OS/c7-5-2-1-3-6(8)4-5/h1,3-4,8H,2H2. The maximum atomic E-state index is 10.5. The molecular weight excluding hydrogens is 120 g/mol. The SMILES string of the molecule is O=C1C=C(S)C=CC1. The second-order valence-corrected chi connectivity index (χ2v) is 2.16. The van der Waals surface area contributed by atoms with Crippen LogP contribution in [0.1, 0.15) is 6.42 Å². The molecule has 0 aromatic heterocycles. The molecule has 0 aromatic rings. The lowest BCUT2D eigenvalue weighted by Crippen LogP contribution is -1.93. The molecule has 0 amide bonds. The van der Waals surface area contributed by atoms with E-state index in [9.17, 15) is 4.79 Å². The van der Waals surface area contributed by atoms with Gasteiger partial charge in [-0.1, -0.05) is 12.2 Å². The lowest BCUT2D eigenvalue weighted by Gasteiger charge is -1.95. The van der Waals surface area contributed by atoms with Gasteiger partial charge in [-0.05, 0) is 6.08 Å². The van der Waals surface area contributed by atoms with E-state index < -0.39 is 0 Å². The maximum absolute atomic E-state index is 10.5. The fraction of sp³-hybridized carbons (Fsp3) is 0.167. The molecule has 0 fully saturated rings. The van der Waals surface area contributed by atoms with Crippen LogP contribution in [0.15, 0.2) is 23.1 Å². The van der Waals surface area contributed by atoms with Gasteiger partial charge in [-0.3, -0.25) is 4.79 Å². The summed E-state index contributed by atoms with van der Waals surface area (Å²) in [5.74, 6) is 0.137. The summed E-state index contributed by atoms with van der Waals surface area (Å²) in [6.07, 6.45) is 5.70. The molecule has 0 N–H and O–H groups in total. The molecule has 42 valence electrons. The molecule has 1 aliphatic rings. The van der Waals surface area contributed by atoms with Crippen LogP contribution in [0, 0.1) is 0 Å². The van der Waals surface area contributed by atoms with Crippen LogP contribution in [0.4, 0.5) is 0 Å². The van der Waals surface area contributed by atoms with Gasteiger partial charge in [0.05, 0.1) is 0 Å². The third-order valence-corrected chi connectivity index (χ3v) is 1.19. The Bertz CT molecular complexity index is 167. The van der Waals surface area contributed by atoms with E-state index in [4.69, 9.17) is 0 Å². The molecule has 0 saturated carbocycles. The highest BCUT2D eigenvalue weighted by Gasteiger charge is 1.98. The normalized spacial score (nSPS) is 18.6. The quantitative estimate of drug-likeness (QED) is 0.484. The minimum absolute atomic E-state index is 0.137. The van der Waals surface area contributed by atoms with Gasteiger partial charge in [0.2, 0.25) is 0 Å². The Morgan fingerprint density at radius 3 is 2.75 bits per heavy atom. The molecule has 1 aliphatic carbocycles. The molecule has 0 radical (unpaired) electrons. The van der Waals surface area contributed by atoms with Gasteiger partial charge in [-0.25, -0.2) is 0 Å². The smallest absolute Gasteiger partial charge is 0.160 e.